The number of hydrogen-bond donors (Lipinski definition) is 1. The van der Waals surface area contributed by atoms with E-state index < -0.39 is 6.10 Å². The number of aliphatic hydroxyl groups is 1. The number of aromatic nitrogens is 2. The molecule has 2 aromatic rings. The normalized spacial score (nSPS) is 21.7. The highest BCUT2D eigenvalue weighted by Crippen LogP contribution is 2.30. The van der Waals surface area contributed by atoms with Crippen molar-refractivity contribution in [1.29, 1.82) is 0 Å². The van der Waals surface area contributed by atoms with Gasteiger partial charge in [-0.3, -0.25) is 0 Å². The van der Waals surface area contributed by atoms with E-state index in [1.165, 1.54) is 12.8 Å². The van der Waals surface area contributed by atoms with E-state index in [-0.39, 0.29) is 0 Å². The summed E-state index contributed by atoms with van der Waals surface area (Å²) < 4.78 is 0. The molecule has 2 fully saturated rings. The fraction of sp³-hybridized carbons (Fsp3) is 0.500. The molecule has 2 saturated heterocycles. The van der Waals surface area contributed by atoms with Crippen LogP contribution in [0.5, 0.6) is 0 Å². The van der Waals surface area contributed by atoms with Crippen LogP contribution in [0.4, 0.5) is 11.8 Å². The maximum absolute atomic E-state index is 10.6. The van der Waals surface area contributed by atoms with E-state index in [2.05, 4.69) is 14.8 Å². The molecule has 5 nitrogen and oxygen atoms in total. The minimum Gasteiger partial charge on any atom is -0.388 e. The molecule has 1 aromatic heterocycles. The van der Waals surface area contributed by atoms with Gasteiger partial charge in [0.05, 0.1) is 6.10 Å². The summed E-state index contributed by atoms with van der Waals surface area (Å²) in [6.07, 6.45) is 6.86. The summed E-state index contributed by atoms with van der Waals surface area (Å²) in [6.45, 7) is 3.15. The number of nitrogens with zero attached hydrogens (tertiary/aromatic N) is 4. The van der Waals surface area contributed by atoms with Crippen molar-refractivity contribution in [1.82, 2.24) is 9.97 Å². The summed E-state index contributed by atoms with van der Waals surface area (Å²) >= 11 is 0. The highest BCUT2D eigenvalue weighted by atomic mass is 16.3. The van der Waals surface area contributed by atoms with Crippen LogP contribution in [-0.2, 0) is 0 Å². The Labute approximate surface area is 149 Å². The molecule has 2 atom stereocenters. The van der Waals surface area contributed by atoms with Gasteiger partial charge in [0.2, 0.25) is 5.95 Å². The number of aliphatic hydroxyl groups excluding tert-OH is 1. The number of rotatable bonds is 5. The third-order valence-electron chi connectivity index (χ3n) is 5.37. The molecule has 0 unspecified atom stereocenters. The van der Waals surface area contributed by atoms with Gasteiger partial charge in [0.1, 0.15) is 5.82 Å². The second-order valence-electron chi connectivity index (χ2n) is 7.06. The Kier molecular flexibility index (Phi) is 4.83. The lowest BCUT2D eigenvalue weighted by Gasteiger charge is -2.27. The van der Waals surface area contributed by atoms with E-state index >= 15 is 0 Å². The van der Waals surface area contributed by atoms with Gasteiger partial charge < -0.3 is 14.9 Å². The molecule has 0 amide bonds. The zero-order chi connectivity index (χ0) is 17.1. The molecular formula is C20H26N4O. The smallest absolute Gasteiger partial charge is 0.227 e. The Morgan fingerprint density at radius 2 is 1.84 bits per heavy atom. The first-order chi connectivity index (χ1) is 12.3. The van der Waals surface area contributed by atoms with E-state index in [1.807, 2.05) is 42.6 Å². The fourth-order valence-corrected chi connectivity index (χ4v) is 4.01. The van der Waals surface area contributed by atoms with E-state index in [0.717, 1.165) is 56.2 Å². The molecule has 132 valence electrons. The van der Waals surface area contributed by atoms with Crippen molar-refractivity contribution in [2.24, 2.45) is 0 Å². The van der Waals surface area contributed by atoms with Crippen molar-refractivity contribution in [3.8, 4) is 0 Å². The Bertz CT molecular complexity index is 687. The standard InChI is InChI=1S/C20H26N4O/c25-18(16-7-2-1-3-8-16)15-17-9-6-14-24(17)20-21-11-10-19(22-20)23-12-4-5-13-23/h1-3,7-8,10-11,17-18,25H,4-6,9,12-15H2/t17-,18+/m0/s1. The molecule has 25 heavy (non-hydrogen) atoms. The zero-order valence-corrected chi connectivity index (χ0v) is 14.6. The average Bonchev–Trinajstić information content (AvgIpc) is 3.35. The lowest BCUT2D eigenvalue weighted by Crippen LogP contribution is -2.32. The molecule has 2 aliphatic heterocycles. The summed E-state index contributed by atoms with van der Waals surface area (Å²) in [5, 5.41) is 10.6. The van der Waals surface area contributed by atoms with E-state index in [1.54, 1.807) is 0 Å². The van der Waals surface area contributed by atoms with Crippen molar-refractivity contribution >= 4 is 11.8 Å². The van der Waals surface area contributed by atoms with Gasteiger partial charge in [-0.15, -0.1) is 0 Å². The Hall–Kier alpha value is -2.14. The molecule has 0 spiro atoms. The van der Waals surface area contributed by atoms with Gasteiger partial charge in [-0.2, -0.15) is 4.98 Å². The maximum Gasteiger partial charge on any atom is 0.227 e. The van der Waals surface area contributed by atoms with Crippen LogP contribution in [0.25, 0.3) is 0 Å². The molecular weight excluding hydrogens is 312 g/mol. The first kappa shape index (κ1) is 16.3. The van der Waals surface area contributed by atoms with Crippen molar-refractivity contribution in [3.05, 3.63) is 48.2 Å². The average molecular weight is 338 g/mol. The van der Waals surface area contributed by atoms with E-state index in [9.17, 15) is 5.11 Å². The zero-order valence-electron chi connectivity index (χ0n) is 14.6. The number of anilines is 2. The predicted molar refractivity (Wildman–Crippen MR) is 99.9 cm³/mol. The molecule has 0 bridgehead atoms. The Morgan fingerprint density at radius 1 is 1.04 bits per heavy atom. The first-order valence-corrected chi connectivity index (χ1v) is 9.39. The summed E-state index contributed by atoms with van der Waals surface area (Å²) in [4.78, 5) is 14.0. The van der Waals surface area contributed by atoms with Gasteiger partial charge in [0, 0.05) is 31.9 Å². The van der Waals surface area contributed by atoms with Gasteiger partial charge in [0.15, 0.2) is 0 Å². The molecule has 1 aromatic carbocycles. The topological polar surface area (TPSA) is 52.5 Å². The first-order valence-electron chi connectivity index (χ1n) is 9.39. The van der Waals surface area contributed by atoms with Crippen LogP contribution in [0.1, 0.15) is 43.8 Å². The van der Waals surface area contributed by atoms with Gasteiger partial charge >= 0.3 is 0 Å². The van der Waals surface area contributed by atoms with Crippen molar-refractivity contribution in [2.45, 2.75) is 44.2 Å². The van der Waals surface area contributed by atoms with Crippen LogP contribution in [0.15, 0.2) is 42.6 Å². The predicted octanol–water partition coefficient (Wildman–Crippen LogP) is 3.17. The second-order valence-corrected chi connectivity index (χ2v) is 7.06. The van der Waals surface area contributed by atoms with Gasteiger partial charge in [-0.25, -0.2) is 4.98 Å². The Balaban J connectivity index is 1.48. The molecule has 1 N–H and O–H groups in total. The van der Waals surface area contributed by atoms with Crippen molar-refractivity contribution in [2.75, 3.05) is 29.4 Å². The molecule has 5 heteroatoms. The van der Waals surface area contributed by atoms with Crippen LogP contribution < -0.4 is 9.80 Å². The summed E-state index contributed by atoms with van der Waals surface area (Å²) in [5.74, 6) is 1.85. The molecule has 0 radical (unpaired) electrons. The van der Waals surface area contributed by atoms with Crippen LogP contribution in [0.3, 0.4) is 0 Å². The second kappa shape index (κ2) is 7.40. The van der Waals surface area contributed by atoms with Crippen LogP contribution >= 0.6 is 0 Å². The largest absolute Gasteiger partial charge is 0.388 e. The van der Waals surface area contributed by atoms with Gasteiger partial charge in [-0.05, 0) is 43.7 Å². The summed E-state index contributed by atoms with van der Waals surface area (Å²) in [6, 6.07) is 12.2. The lowest BCUT2D eigenvalue weighted by molar-refractivity contribution is 0.158. The molecule has 3 heterocycles. The highest BCUT2D eigenvalue weighted by molar-refractivity contribution is 5.45. The van der Waals surface area contributed by atoms with Crippen LogP contribution in [0, 0.1) is 0 Å². The minimum absolute atomic E-state index is 0.295. The molecule has 0 saturated carbocycles. The SMILES string of the molecule is O[C@H](C[C@@H]1CCCN1c1nccc(N2CCCC2)n1)c1ccccc1. The minimum atomic E-state index is -0.437. The third-order valence-corrected chi connectivity index (χ3v) is 5.37. The van der Waals surface area contributed by atoms with Crippen molar-refractivity contribution in [3.63, 3.8) is 0 Å². The third kappa shape index (κ3) is 3.61. The van der Waals surface area contributed by atoms with Crippen molar-refractivity contribution < 1.29 is 5.11 Å². The molecule has 2 aliphatic rings. The monoisotopic (exact) mass is 338 g/mol. The maximum atomic E-state index is 10.6. The number of hydrogen-bond acceptors (Lipinski definition) is 5. The fourth-order valence-electron chi connectivity index (χ4n) is 4.01. The summed E-state index contributed by atoms with van der Waals surface area (Å²) in [7, 11) is 0. The van der Waals surface area contributed by atoms with E-state index in [4.69, 9.17) is 4.98 Å². The molecule has 0 aliphatic carbocycles. The van der Waals surface area contributed by atoms with Crippen LogP contribution in [-0.4, -0.2) is 40.8 Å². The van der Waals surface area contributed by atoms with Gasteiger partial charge in [0.25, 0.3) is 0 Å². The van der Waals surface area contributed by atoms with Gasteiger partial charge in [-0.1, -0.05) is 30.3 Å². The lowest BCUT2D eigenvalue weighted by atomic mass is 10.0. The summed E-state index contributed by atoms with van der Waals surface area (Å²) in [5.41, 5.74) is 0.987. The number of benzene rings is 1. The molecule has 4 rings (SSSR count). The Morgan fingerprint density at radius 3 is 2.64 bits per heavy atom. The quantitative estimate of drug-likeness (QED) is 0.907. The van der Waals surface area contributed by atoms with Crippen LogP contribution in [0.2, 0.25) is 0 Å². The van der Waals surface area contributed by atoms with E-state index in [0.29, 0.717) is 6.04 Å². The highest BCUT2D eigenvalue weighted by Gasteiger charge is 2.29.